The molecule has 0 unspecified atom stereocenters. The van der Waals surface area contributed by atoms with E-state index in [9.17, 15) is 14.9 Å². The molecular weight excluding hydrogens is 362 g/mol. The van der Waals surface area contributed by atoms with Crippen molar-refractivity contribution in [1.29, 1.82) is 0 Å². The van der Waals surface area contributed by atoms with E-state index in [0.717, 1.165) is 50.1 Å². The van der Waals surface area contributed by atoms with Crippen molar-refractivity contribution >= 4 is 11.7 Å². The van der Waals surface area contributed by atoms with E-state index in [4.69, 9.17) is 4.74 Å². The van der Waals surface area contributed by atoms with Gasteiger partial charge in [-0.05, 0) is 35.5 Å². The van der Waals surface area contributed by atoms with Crippen LogP contribution in [0.4, 0.5) is 5.82 Å². The topological polar surface area (TPSA) is 93.7 Å². The summed E-state index contributed by atoms with van der Waals surface area (Å²) >= 11 is 0. The van der Waals surface area contributed by atoms with Gasteiger partial charge in [-0.2, -0.15) is 0 Å². The summed E-state index contributed by atoms with van der Waals surface area (Å²) in [7, 11) is 0. The third-order valence-electron chi connectivity index (χ3n) is 5.21. The molecular formula is C19H23N5O4. The lowest BCUT2D eigenvalue weighted by molar-refractivity contribution is -0.389. The molecule has 2 aromatic rings. The van der Waals surface area contributed by atoms with Gasteiger partial charge in [0.25, 0.3) is 5.91 Å². The predicted molar refractivity (Wildman–Crippen MR) is 101 cm³/mol. The Balaban J connectivity index is 1.37. The number of nitrogens with zero attached hydrogens (tertiary/aromatic N) is 5. The van der Waals surface area contributed by atoms with E-state index in [0.29, 0.717) is 25.7 Å². The molecule has 1 aromatic heterocycles. The number of carbonyl (C=O) groups excluding carboxylic acids is 1. The smallest absolute Gasteiger partial charge is 0.414 e. The number of carbonyl (C=O) groups is 1. The van der Waals surface area contributed by atoms with Crippen LogP contribution in [-0.2, 0) is 13.1 Å². The van der Waals surface area contributed by atoms with Crippen molar-refractivity contribution in [2.24, 2.45) is 0 Å². The van der Waals surface area contributed by atoms with E-state index in [1.165, 1.54) is 6.20 Å². The second-order valence-electron chi connectivity index (χ2n) is 7.15. The van der Waals surface area contributed by atoms with Crippen LogP contribution in [0.5, 0.6) is 6.01 Å². The van der Waals surface area contributed by atoms with Crippen LogP contribution >= 0.6 is 0 Å². The first-order chi connectivity index (χ1) is 13.6. The highest BCUT2D eigenvalue weighted by molar-refractivity contribution is 5.94. The SMILES string of the molecule is O=C(c1ccc(CN2CCOc3nc([N+](=O)[O-])cn3CC2)cc1)N1CCCC1. The lowest BCUT2D eigenvalue weighted by Crippen LogP contribution is -2.33. The molecule has 0 spiro atoms. The summed E-state index contributed by atoms with van der Waals surface area (Å²) in [5.41, 5.74) is 1.85. The molecule has 1 fully saturated rings. The molecule has 4 rings (SSSR count). The Morgan fingerprint density at radius 2 is 1.86 bits per heavy atom. The molecule has 2 aliphatic rings. The van der Waals surface area contributed by atoms with Gasteiger partial charge in [0, 0.05) is 49.8 Å². The van der Waals surface area contributed by atoms with Gasteiger partial charge < -0.3 is 19.8 Å². The molecule has 0 radical (unpaired) electrons. The maximum atomic E-state index is 12.4. The van der Waals surface area contributed by atoms with Crippen molar-refractivity contribution in [2.45, 2.75) is 25.9 Å². The summed E-state index contributed by atoms with van der Waals surface area (Å²) in [5, 5.41) is 10.9. The first-order valence-electron chi connectivity index (χ1n) is 9.55. The van der Waals surface area contributed by atoms with E-state index in [1.54, 1.807) is 4.57 Å². The van der Waals surface area contributed by atoms with Crippen molar-refractivity contribution in [3.05, 3.63) is 51.7 Å². The summed E-state index contributed by atoms with van der Waals surface area (Å²) in [6.07, 6.45) is 3.59. The van der Waals surface area contributed by atoms with Gasteiger partial charge in [-0.1, -0.05) is 12.1 Å². The van der Waals surface area contributed by atoms with Crippen molar-refractivity contribution in [1.82, 2.24) is 19.4 Å². The fourth-order valence-electron chi connectivity index (χ4n) is 3.65. The minimum absolute atomic E-state index is 0.109. The van der Waals surface area contributed by atoms with Crippen LogP contribution in [0.25, 0.3) is 0 Å². The molecule has 0 bridgehead atoms. The largest absolute Gasteiger partial charge is 0.444 e. The second-order valence-corrected chi connectivity index (χ2v) is 7.15. The summed E-state index contributed by atoms with van der Waals surface area (Å²) in [4.78, 5) is 30.9. The highest BCUT2D eigenvalue weighted by Gasteiger charge is 2.23. The Kier molecular flexibility index (Phi) is 5.25. The number of likely N-dealkylation sites (tertiary alicyclic amines) is 1. The summed E-state index contributed by atoms with van der Waals surface area (Å²) in [6, 6.07) is 8.09. The highest BCUT2D eigenvalue weighted by Crippen LogP contribution is 2.20. The predicted octanol–water partition coefficient (Wildman–Crippen LogP) is 1.92. The van der Waals surface area contributed by atoms with Gasteiger partial charge in [0.2, 0.25) is 0 Å². The molecule has 2 aliphatic heterocycles. The first-order valence-corrected chi connectivity index (χ1v) is 9.55. The number of aromatic nitrogens is 2. The zero-order valence-corrected chi connectivity index (χ0v) is 15.6. The molecule has 3 heterocycles. The normalized spacial score (nSPS) is 17.5. The Morgan fingerprint density at radius 1 is 1.11 bits per heavy atom. The maximum absolute atomic E-state index is 12.4. The lowest BCUT2D eigenvalue weighted by atomic mass is 10.1. The molecule has 1 amide bonds. The molecule has 28 heavy (non-hydrogen) atoms. The van der Waals surface area contributed by atoms with Crippen LogP contribution in [-0.4, -0.2) is 63.0 Å². The number of hydrogen-bond acceptors (Lipinski definition) is 6. The molecule has 0 atom stereocenters. The van der Waals surface area contributed by atoms with Gasteiger partial charge in [0.05, 0.1) is 0 Å². The molecule has 1 saturated heterocycles. The monoisotopic (exact) mass is 385 g/mol. The van der Waals surface area contributed by atoms with Crippen LogP contribution in [0.1, 0.15) is 28.8 Å². The Labute approximate surface area is 162 Å². The van der Waals surface area contributed by atoms with Crippen molar-refractivity contribution in [3.8, 4) is 6.01 Å². The van der Waals surface area contributed by atoms with Crippen LogP contribution in [0.3, 0.4) is 0 Å². The fourth-order valence-corrected chi connectivity index (χ4v) is 3.65. The van der Waals surface area contributed by atoms with E-state index in [-0.39, 0.29) is 11.7 Å². The number of nitro groups is 1. The van der Waals surface area contributed by atoms with E-state index in [1.807, 2.05) is 29.2 Å². The summed E-state index contributed by atoms with van der Waals surface area (Å²) in [6.45, 7) is 4.86. The van der Waals surface area contributed by atoms with Crippen LogP contribution in [0.15, 0.2) is 30.5 Å². The van der Waals surface area contributed by atoms with Crippen molar-refractivity contribution in [3.63, 3.8) is 0 Å². The third-order valence-corrected chi connectivity index (χ3v) is 5.21. The molecule has 9 heteroatoms. The van der Waals surface area contributed by atoms with Gasteiger partial charge in [0.15, 0.2) is 0 Å². The first kappa shape index (κ1) is 18.4. The number of ether oxygens (including phenoxy) is 1. The second kappa shape index (κ2) is 7.97. The number of imidazole rings is 1. The Morgan fingerprint density at radius 3 is 2.57 bits per heavy atom. The van der Waals surface area contributed by atoms with Gasteiger partial charge in [0.1, 0.15) is 12.8 Å². The number of rotatable bonds is 4. The molecule has 0 N–H and O–H groups in total. The standard InChI is InChI=1S/C19H23N5O4/c25-18(22-7-1-2-8-22)16-5-3-15(4-6-16)13-21-9-10-23-14-17(24(26)27)20-19(23)28-12-11-21/h3-6,14H,1-2,7-13H2. The highest BCUT2D eigenvalue weighted by atomic mass is 16.6. The average Bonchev–Trinajstić information content (AvgIpc) is 3.34. The fraction of sp³-hybridized carbons (Fsp3) is 0.474. The third kappa shape index (κ3) is 3.99. The number of hydrogen-bond donors (Lipinski definition) is 0. The molecule has 0 aliphatic carbocycles. The molecule has 0 saturated carbocycles. The van der Waals surface area contributed by atoms with Gasteiger partial charge >= 0.3 is 11.8 Å². The Hall–Kier alpha value is -2.94. The average molecular weight is 385 g/mol. The quantitative estimate of drug-likeness (QED) is 0.590. The molecule has 1 aromatic carbocycles. The number of benzene rings is 1. The van der Waals surface area contributed by atoms with Crippen LogP contribution in [0.2, 0.25) is 0 Å². The maximum Gasteiger partial charge on any atom is 0.414 e. The van der Waals surface area contributed by atoms with Crippen LogP contribution < -0.4 is 4.74 Å². The van der Waals surface area contributed by atoms with E-state index >= 15 is 0 Å². The minimum Gasteiger partial charge on any atom is -0.444 e. The van der Waals surface area contributed by atoms with Gasteiger partial charge in [-0.15, -0.1) is 0 Å². The van der Waals surface area contributed by atoms with Gasteiger partial charge in [-0.3, -0.25) is 14.3 Å². The number of amides is 1. The minimum atomic E-state index is -0.510. The lowest BCUT2D eigenvalue weighted by Gasteiger charge is -2.24. The van der Waals surface area contributed by atoms with Crippen molar-refractivity contribution < 1.29 is 14.5 Å². The van der Waals surface area contributed by atoms with E-state index < -0.39 is 4.92 Å². The molecule has 148 valence electrons. The van der Waals surface area contributed by atoms with Crippen molar-refractivity contribution in [2.75, 3.05) is 32.8 Å². The Bertz CT molecular complexity index is 858. The van der Waals surface area contributed by atoms with E-state index in [2.05, 4.69) is 9.88 Å². The summed E-state index contributed by atoms with van der Waals surface area (Å²) < 4.78 is 7.27. The zero-order valence-electron chi connectivity index (χ0n) is 15.6. The molecule has 9 nitrogen and oxygen atoms in total. The zero-order chi connectivity index (χ0) is 19.5. The summed E-state index contributed by atoms with van der Waals surface area (Å²) in [5.74, 6) is -0.0837. The van der Waals surface area contributed by atoms with Gasteiger partial charge in [-0.25, -0.2) is 0 Å². The number of fused-ring (bicyclic) bond motifs is 1. The van der Waals surface area contributed by atoms with Crippen LogP contribution in [0, 0.1) is 10.1 Å².